The molecule has 8 heteroatoms. The van der Waals surface area contributed by atoms with Crippen molar-refractivity contribution in [2.45, 2.75) is 37.9 Å². The van der Waals surface area contributed by atoms with Crippen LogP contribution in [-0.2, 0) is 11.0 Å². The second kappa shape index (κ2) is 7.53. The molecular weight excluding hydrogens is 340 g/mol. The smallest absolute Gasteiger partial charge is 0.327 e. The molecule has 0 radical (unpaired) electrons. The van der Waals surface area contributed by atoms with E-state index in [2.05, 4.69) is 5.32 Å². The Kier molecular flexibility index (Phi) is 6.52. The molecule has 1 amide bonds. The summed E-state index contributed by atoms with van der Waals surface area (Å²) < 4.78 is 38.2. The third-order valence-corrected chi connectivity index (χ3v) is 4.05. The molecule has 3 nitrogen and oxygen atoms in total. The van der Waals surface area contributed by atoms with Gasteiger partial charge in [-0.05, 0) is 37.0 Å². The van der Waals surface area contributed by atoms with Crippen LogP contribution in [0.3, 0.4) is 0 Å². The Hall–Kier alpha value is -0.980. The van der Waals surface area contributed by atoms with Gasteiger partial charge in [-0.15, -0.1) is 12.4 Å². The highest BCUT2D eigenvalue weighted by Crippen LogP contribution is 2.36. The third kappa shape index (κ3) is 4.76. The Morgan fingerprint density at radius 1 is 1.36 bits per heavy atom. The molecule has 2 rings (SSSR count). The molecule has 2 atom stereocenters. The monoisotopic (exact) mass is 356 g/mol. The highest BCUT2D eigenvalue weighted by atomic mass is 35.5. The maximum Gasteiger partial charge on any atom is 0.417 e. The minimum absolute atomic E-state index is 0. The number of nitrogens with two attached hydrogens (primary N) is 1. The van der Waals surface area contributed by atoms with Crippen molar-refractivity contribution in [3.8, 4) is 0 Å². The van der Waals surface area contributed by atoms with Gasteiger partial charge in [0.15, 0.2) is 0 Å². The predicted molar refractivity (Wildman–Crippen MR) is 82.3 cm³/mol. The molecule has 1 aliphatic rings. The lowest BCUT2D eigenvalue weighted by Crippen LogP contribution is -2.28. The molecule has 0 spiro atoms. The van der Waals surface area contributed by atoms with E-state index in [9.17, 15) is 18.0 Å². The van der Waals surface area contributed by atoms with Crippen molar-refractivity contribution in [1.29, 1.82) is 0 Å². The Labute approximate surface area is 137 Å². The van der Waals surface area contributed by atoms with Crippen molar-refractivity contribution < 1.29 is 18.0 Å². The van der Waals surface area contributed by atoms with E-state index in [1.807, 2.05) is 0 Å². The molecular formula is C14H17Cl2F3N2O. The van der Waals surface area contributed by atoms with Gasteiger partial charge in [-0.2, -0.15) is 13.2 Å². The Morgan fingerprint density at radius 3 is 2.59 bits per heavy atom. The van der Waals surface area contributed by atoms with Crippen LogP contribution in [0.4, 0.5) is 18.9 Å². The highest BCUT2D eigenvalue weighted by Gasteiger charge is 2.33. The Bertz CT molecular complexity index is 537. The topological polar surface area (TPSA) is 55.1 Å². The molecule has 1 aromatic carbocycles. The average molecular weight is 357 g/mol. The summed E-state index contributed by atoms with van der Waals surface area (Å²) in [5.74, 6) is -0.229. The Balaban J connectivity index is 0.00000242. The molecule has 0 bridgehead atoms. The summed E-state index contributed by atoms with van der Waals surface area (Å²) in [4.78, 5) is 11.9. The summed E-state index contributed by atoms with van der Waals surface area (Å²) in [6, 6.07) is 3.31. The van der Waals surface area contributed by atoms with Crippen molar-refractivity contribution in [1.82, 2.24) is 0 Å². The average Bonchev–Trinajstić information content (AvgIpc) is 2.76. The van der Waals surface area contributed by atoms with E-state index in [4.69, 9.17) is 17.3 Å². The first-order valence-corrected chi connectivity index (χ1v) is 7.07. The van der Waals surface area contributed by atoms with E-state index in [-0.39, 0.29) is 42.4 Å². The lowest BCUT2D eigenvalue weighted by atomic mass is 10.00. The third-order valence-electron chi connectivity index (χ3n) is 3.72. The fourth-order valence-corrected chi connectivity index (χ4v) is 2.81. The molecule has 1 aromatic rings. The first-order chi connectivity index (χ1) is 9.77. The van der Waals surface area contributed by atoms with Gasteiger partial charge >= 0.3 is 6.18 Å². The largest absolute Gasteiger partial charge is 0.417 e. The summed E-state index contributed by atoms with van der Waals surface area (Å²) in [6.07, 6.45) is -1.57. The van der Waals surface area contributed by atoms with Crippen molar-refractivity contribution in [3.63, 3.8) is 0 Å². The summed E-state index contributed by atoms with van der Waals surface area (Å²) >= 11 is 5.52. The summed E-state index contributed by atoms with van der Waals surface area (Å²) in [5.41, 5.74) is 5.00. The summed E-state index contributed by atoms with van der Waals surface area (Å²) in [7, 11) is 0. The van der Waals surface area contributed by atoms with Crippen LogP contribution in [0.2, 0.25) is 5.02 Å². The maximum atomic E-state index is 12.7. The standard InChI is InChI=1S/C14H16ClF3N2O.ClH/c15-11-5-4-9(7-10(11)14(16,17)18)20-13(21)6-8-2-1-3-12(8)19;/h4-5,7-8,12H,1-3,6,19H2,(H,20,21);1H/t8-,12+;/m0./s1. The van der Waals surface area contributed by atoms with Crippen LogP contribution in [0.25, 0.3) is 0 Å². The molecule has 0 aliphatic heterocycles. The number of benzene rings is 1. The van der Waals surface area contributed by atoms with E-state index in [1.165, 1.54) is 6.07 Å². The lowest BCUT2D eigenvalue weighted by molar-refractivity contribution is -0.137. The second-order valence-corrected chi connectivity index (χ2v) is 5.71. The number of halogens is 5. The molecule has 0 aromatic heterocycles. The van der Waals surface area contributed by atoms with Crippen LogP contribution < -0.4 is 11.1 Å². The number of carbonyl (C=O) groups is 1. The first kappa shape index (κ1) is 19.1. The molecule has 1 saturated carbocycles. The number of carbonyl (C=O) groups excluding carboxylic acids is 1. The number of alkyl halides is 3. The molecule has 1 aliphatic carbocycles. The van der Waals surface area contributed by atoms with Crippen LogP contribution in [0.1, 0.15) is 31.2 Å². The number of anilines is 1. The maximum absolute atomic E-state index is 12.7. The minimum Gasteiger partial charge on any atom is -0.327 e. The van der Waals surface area contributed by atoms with E-state index < -0.39 is 16.8 Å². The zero-order valence-corrected chi connectivity index (χ0v) is 13.2. The molecule has 124 valence electrons. The van der Waals surface area contributed by atoms with Crippen molar-refractivity contribution in [2.75, 3.05) is 5.32 Å². The molecule has 1 fully saturated rings. The van der Waals surface area contributed by atoms with Crippen molar-refractivity contribution >= 4 is 35.6 Å². The molecule has 22 heavy (non-hydrogen) atoms. The first-order valence-electron chi connectivity index (χ1n) is 6.69. The zero-order chi connectivity index (χ0) is 15.6. The van der Waals surface area contributed by atoms with Gasteiger partial charge in [0.25, 0.3) is 0 Å². The van der Waals surface area contributed by atoms with Gasteiger partial charge in [0.05, 0.1) is 10.6 Å². The summed E-state index contributed by atoms with van der Waals surface area (Å²) in [6.45, 7) is 0. The van der Waals surface area contributed by atoms with Gasteiger partial charge in [0, 0.05) is 18.2 Å². The van der Waals surface area contributed by atoms with Crippen LogP contribution in [0.15, 0.2) is 18.2 Å². The second-order valence-electron chi connectivity index (χ2n) is 5.30. The number of nitrogens with one attached hydrogen (secondary N) is 1. The van der Waals surface area contributed by atoms with Gasteiger partial charge < -0.3 is 11.1 Å². The molecule has 0 saturated heterocycles. The van der Waals surface area contributed by atoms with E-state index >= 15 is 0 Å². The van der Waals surface area contributed by atoms with Crippen molar-refractivity contribution in [2.24, 2.45) is 11.7 Å². The predicted octanol–water partition coefficient (Wildman–Crippen LogP) is 4.24. The lowest BCUT2D eigenvalue weighted by Gasteiger charge is -2.15. The SMILES string of the molecule is Cl.N[C@@H]1CCC[C@H]1CC(=O)Nc1ccc(Cl)c(C(F)(F)F)c1. The van der Waals surface area contributed by atoms with Crippen LogP contribution in [0.5, 0.6) is 0 Å². The van der Waals surface area contributed by atoms with Gasteiger partial charge in [0.1, 0.15) is 0 Å². The molecule has 0 unspecified atom stereocenters. The van der Waals surface area contributed by atoms with Gasteiger partial charge in [0.2, 0.25) is 5.91 Å². The van der Waals surface area contributed by atoms with E-state index in [0.29, 0.717) is 0 Å². The van der Waals surface area contributed by atoms with Gasteiger partial charge in [-0.25, -0.2) is 0 Å². The van der Waals surface area contributed by atoms with Crippen molar-refractivity contribution in [3.05, 3.63) is 28.8 Å². The normalized spacial score (nSPS) is 21.3. The highest BCUT2D eigenvalue weighted by molar-refractivity contribution is 6.31. The number of hydrogen-bond acceptors (Lipinski definition) is 2. The number of rotatable bonds is 3. The van der Waals surface area contributed by atoms with Gasteiger partial charge in [-0.3, -0.25) is 4.79 Å². The van der Waals surface area contributed by atoms with Crippen LogP contribution in [-0.4, -0.2) is 11.9 Å². The molecule has 3 N–H and O–H groups in total. The zero-order valence-electron chi connectivity index (χ0n) is 11.6. The van der Waals surface area contributed by atoms with Crippen LogP contribution in [0, 0.1) is 5.92 Å². The molecule has 0 heterocycles. The summed E-state index contributed by atoms with van der Waals surface area (Å²) in [5, 5.41) is 2.09. The number of amides is 1. The fourth-order valence-electron chi connectivity index (χ4n) is 2.59. The minimum atomic E-state index is -4.55. The number of hydrogen-bond donors (Lipinski definition) is 2. The van der Waals surface area contributed by atoms with E-state index in [0.717, 1.165) is 31.4 Å². The Morgan fingerprint density at radius 2 is 2.05 bits per heavy atom. The van der Waals surface area contributed by atoms with Crippen LogP contribution >= 0.6 is 24.0 Å². The van der Waals surface area contributed by atoms with E-state index in [1.54, 1.807) is 0 Å². The van der Waals surface area contributed by atoms with Gasteiger partial charge in [-0.1, -0.05) is 18.0 Å². The quantitative estimate of drug-likeness (QED) is 0.850. The fraction of sp³-hybridized carbons (Fsp3) is 0.500.